The zero-order valence-corrected chi connectivity index (χ0v) is 27.4. The minimum Gasteiger partial charge on any atom is -0.493 e. The van der Waals surface area contributed by atoms with Crippen molar-refractivity contribution >= 4 is 11.6 Å². The van der Waals surface area contributed by atoms with E-state index in [2.05, 4.69) is 0 Å². The van der Waals surface area contributed by atoms with Gasteiger partial charge in [-0.05, 0) is 60.4 Å². The molecule has 0 saturated carbocycles. The lowest BCUT2D eigenvalue weighted by Crippen LogP contribution is -2.16. The van der Waals surface area contributed by atoms with Gasteiger partial charge in [0.05, 0.1) is 34.0 Å². The van der Waals surface area contributed by atoms with Gasteiger partial charge in [0.1, 0.15) is 0 Å². The summed E-state index contributed by atoms with van der Waals surface area (Å²) in [4.78, 5) is 27.8. The second-order valence-electron chi connectivity index (χ2n) is 11.4. The van der Waals surface area contributed by atoms with Crippen molar-refractivity contribution in [2.75, 3.05) is 55.6 Å². The average Bonchev–Trinajstić information content (AvgIpc) is 3.98. The Bertz CT molecular complexity index is 2070. The van der Waals surface area contributed by atoms with Gasteiger partial charge in [-0.3, -0.25) is 9.59 Å². The Morgan fingerprint density at radius 1 is 0.520 bits per heavy atom. The summed E-state index contributed by atoms with van der Waals surface area (Å²) in [6.45, 7) is -0.125. The van der Waals surface area contributed by atoms with Crippen molar-refractivity contribution < 1.29 is 66.4 Å². The van der Waals surface area contributed by atoms with Crippen LogP contribution >= 0.6 is 0 Å². The maximum Gasteiger partial charge on any atom is 0.237 e. The number of rotatable bonds is 11. The summed E-state index contributed by atoms with van der Waals surface area (Å²) in [6.07, 6.45) is 1.07. The lowest BCUT2D eigenvalue weighted by molar-refractivity contribution is 0.0814. The molecule has 4 aliphatic rings. The van der Waals surface area contributed by atoms with Crippen molar-refractivity contribution in [1.82, 2.24) is 0 Å². The number of ketones is 2. The minimum absolute atomic E-state index is 0.0402. The summed E-state index contributed by atoms with van der Waals surface area (Å²) >= 11 is 0. The molecule has 8 rings (SSSR count). The third-order valence-electron chi connectivity index (χ3n) is 8.74. The van der Waals surface area contributed by atoms with Gasteiger partial charge in [-0.1, -0.05) is 0 Å². The van der Waals surface area contributed by atoms with Gasteiger partial charge in [0.15, 0.2) is 46.0 Å². The Morgan fingerprint density at radius 2 is 1.06 bits per heavy atom. The predicted octanol–water partition coefficient (Wildman–Crippen LogP) is 5.15. The quantitative estimate of drug-likeness (QED) is 0.151. The Balaban J connectivity index is 1.21. The average molecular weight is 687 g/mol. The molecule has 4 aromatic carbocycles. The van der Waals surface area contributed by atoms with E-state index < -0.39 is 11.6 Å². The van der Waals surface area contributed by atoms with Gasteiger partial charge in [-0.25, -0.2) is 0 Å². The van der Waals surface area contributed by atoms with Crippen LogP contribution in [0.4, 0.5) is 0 Å². The number of methoxy groups -OCH3 is 4. The van der Waals surface area contributed by atoms with Crippen molar-refractivity contribution in [2.24, 2.45) is 0 Å². The Hall–Kier alpha value is -6.18. The van der Waals surface area contributed by atoms with E-state index in [-0.39, 0.29) is 61.3 Å². The van der Waals surface area contributed by atoms with Crippen LogP contribution in [-0.2, 0) is 12.8 Å². The van der Waals surface area contributed by atoms with E-state index in [1.807, 2.05) is 18.2 Å². The lowest BCUT2D eigenvalue weighted by atomic mass is 9.92. The van der Waals surface area contributed by atoms with Gasteiger partial charge in [0.25, 0.3) is 0 Å². The van der Waals surface area contributed by atoms with Crippen LogP contribution in [-0.4, -0.2) is 67.2 Å². The largest absolute Gasteiger partial charge is 0.493 e. The molecule has 0 saturated heterocycles. The molecule has 0 unspecified atom stereocenters. The van der Waals surface area contributed by atoms with Crippen LogP contribution in [0.3, 0.4) is 0 Å². The maximum atomic E-state index is 14.1. The molecule has 4 heterocycles. The molecule has 0 aliphatic carbocycles. The van der Waals surface area contributed by atoms with Crippen molar-refractivity contribution in [3.63, 3.8) is 0 Å². The summed E-state index contributed by atoms with van der Waals surface area (Å²) in [5, 5.41) is 0. The van der Waals surface area contributed by atoms with E-state index in [1.165, 1.54) is 32.4 Å². The first-order valence-corrected chi connectivity index (χ1v) is 15.5. The standard InChI is InChI=1S/C36H30O14/c1-39-23-7-17(8-25-33(23)47-13-43-25)5-6-18-9-20(31-35(29(18)41-3)49-15-45-31)21-12-22(30(42-4)36-32(21)46-16-50-36)28(38)27(37)19-10-24(40-2)34-26(11-19)44-14-48-34/h7-12H,5-6,13-16H2,1-4H3. The van der Waals surface area contributed by atoms with Crippen molar-refractivity contribution in [2.45, 2.75) is 12.8 Å². The zero-order chi connectivity index (χ0) is 34.5. The lowest BCUT2D eigenvalue weighted by Gasteiger charge is -2.18. The molecule has 4 aliphatic heterocycles. The summed E-state index contributed by atoms with van der Waals surface area (Å²) < 4.78 is 68.1. The molecule has 0 amide bonds. The molecule has 0 radical (unpaired) electrons. The highest BCUT2D eigenvalue weighted by Gasteiger charge is 2.36. The third kappa shape index (κ3) is 4.94. The third-order valence-corrected chi connectivity index (χ3v) is 8.74. The molecule has 0 spiro atoms. The number of carbonyl (C=O) groups excluding carboxylic acids is 2. The molecule has 0 fully saturated rings. The summed E-state index contributed by atoms with van der Waals surface area (Å²) in [5.41, 5.74) is 2.68. The molecular formula is C36H30O14. The molecule has 0 N–H and O–H groups in total. The highest BCUT2D eigenvalue weighted by molar-refractivity contribution is 6.50. The first-order valence-electron chi connectivity index (χ1n) is 15.5. The summed E-state index contributed by atoms with van der Waals surface area (Å²) in [7, 11) is 5.94. The normalized spacial score (nSPS) is 14.1. The van der Waals surface area contributed by atoms with Crippen molar-refractivity contribution in [3.8, 4) is 80.1 Å². The molecule has 258 valence electrons. The highest BCUT2D eigenvalue weighted by atomic mass is 16.7. The predicted molar refractivity (Wildman–Crippen MR) is 172 cm³/mol. The monoisotopic (exact) mass is 686 g/mol. The molecule has 4 aromatic rings. The van der Waals surface area contributed by atoms with Crippen LogP contribution in [0.5, 0.6) is 69.0 Å². The number of ether oxygens (including phenoxy) is 12. The Kier molecular flexibility index (Phi) is 7.69. The second-order valence-corrected chi connectivity index (χ2v) is 11.4. The van der Waals surface area contributed by atoms with Gasteiger partial charge in [-0.15, -0.1) is 0 Å². The second kappa shape index (κ2) is 12.4. The van der Waals surface area contributed by atoms with Crippen molar-refractivity contribution in [3.05, 3.63) is 58.7 Å². The molecule has 50 heavy (non-hydrogen) atoms. The number of Topliss-reactive ketones (excluding diaryl/α,β-unsaturated/α-hetero) is 2. The molecule has 0 bridgehead atoms. The first-order chi connectivity index (χ1) is 24.4. The SMILES string of the molecule is COc1cc(CCc2cc(-c3cc(C(=O)C(=O)c4cc(OC)c5c(c4)OCO5)c(OC)c4c3OCO4)c3c(c2OC)OCO3)cc2c1OCO2. The molecule has 14 heteroatoms. The number of hydrogen-bond donors (Lipinski definition) is 0. The van der Waals surface area contributed by atoms with Crippen LogP contribution < -0.4 is 56.8 Å². The zero-order valence-electron chi connectivity index (χ0n) is 27.4. The Morgan fingerprint density at radius 3 is 1.70 bits per heavy atom. The van der Waals surface area contributed by atoms with Crippen LogP contribution in [0.25, 0.3) is 11.1 Å². The van der Waals surface area contributed by atoms with Crippen LogP contribution in [0.15, 0.2) is 36.4 Å². The van der Waals surface area contributed by atoms with Crippen molar-refractivity contribution in [1.29, 1.82) is 0 Å². The van der Waals surface area contributed by atoms with E-state index in [0.29, 0.717) is 70.0 Å². The Labute approximate surface area is 285 Å². The number of carbonyl (C=O) groups is 2. The van der Waals surface area contributed by atoms with Gasteiger partial charge >= 0.3 is 0 Å². The summed E-state index contributed by atoms with van der Waals surface area (Å²) in [5.74, 6) is 2.75. The van der Waals surface area contributed by atoms with E-state index in [0.717, 1.165) is 11.1 Å². The van der Waals surface area contributed by atoms with Crippen LogP contribution in [0, 0.1) is 0 Å². The number of aryl methyl sites for hydroxylation is 2. The number of hydrogen-bond acceptors (Lipinski definition) is 14. The van der Waals surface area contributed by atoms with E-state index >= 15 is 0 Å². The van der Waals surface area contributed by atoms with E-state index in [9.17, 15) is 9.59 Å². The molecule has 0 atom stereocenters. The van der Waals surface area contributed by atoms with Crippen LogP contribution in [0.1, 0.15) is 31.8 Å². The van der Waals surface area contributed by atoms with Gasteiger partial charge in [0, 0.05) is 16.7 Å². The fourth-order valence-electron chi connectivity index (χ4n) is 6.45. The van der Waals surface area contributed by atoms with Gasteiger partial charge in [0.2, 0.25) is 61.7 Å². The molecule has 0 aromatic heterocycles. The molecule has 14 nitrogen and oxygen atoms in total. The smallest absolute Gasteiger partial charge is 0.237 e. The van der Waals surface area contributed by atoms with E-state index in [1.54, 1.807) is 14.2 Å². The topological polar surface area (TPSA) is 145 Å². The maximum absolute atomic E-state index is 14.1. The van der Waals surface area contributed by atoms with Crippen LogP contribution in [0.2, 0.25) is 0 Å². The van der Waals surface area contributed by atoms with Gasteiger partial charge < -0.3 is 56.8 Å². The number of benzene rings is 4. The fraction of sp³-hybridized carbons (Fsp3) is 0.278. The van der Waals surface area contributed by atoms with Gasteiger partial charge in [-0.2, -0.15) is 0 Å². The number of fused-ring (bicyclic) bond motifs is 4. The van der Waals surface area contributed by atoms with E-state index in [4.69, 9.17) is 56.8 Å². The minimum atomic E-state index is -0.860. The first kappa shape index (κ1) is 31.1. The highest BCUT2D eigenvalue weighted by Crippen LogP contribution is 2.56. The molecular weight excluding hydrogens is 656 g/mol. The summed E-state index contributed by atoms with van der Waals surface area (Å²) in [6, 6.07) is 10.1. The fourth-order valence-corrected chi connectivity index (χ4v) is 6.45.